The van der Waals surface area contributed by atoms with E-state index in [2.05, 4.69) is 72.0 Å². The van der Waals surface area contributed by atoms with E-state index >= 15 is 0 Å². The minimum absolute atomic E-state index is 0.0973. The van der Waals surface area contributed by atoms with Gasteiger partial charge in [0, 0.05) is 15.5 Å². The molecule has 3 rings (SSSR count). The van der Waals surface area contributed by atoms with E-state index in [9.17, 15) is 0 Å². The van der Waals surface area contributed by atoms with Crippen LogP contribution in [0.5, 0.6) is 0 Å². The summed E-state index contributed by atoms with van der Waals surface area (Å²) < 4.78 is 24.1. The van der Waals surface area contributed by atoms with Gasteiger partial charge in [0.2, 0.25) is 0 Å². The van der Waals surface area contributed by atoms with Gasteiger partial charge in [-0.15, -0.1) is 0 Å². The highest BCUT2D eigenvalue weighted by molar-refractivity contribution is 5.66. The van der Waals surface area contributed by atoms with Crippen LogP contribution in [-0.2, 0) is 16.2 Å². The number of aryl methyl sites for hydroxylation is 1. The summed E-state index contributed by atoms with van der Waals surface area (Å²) in [6.07, 6.45) is 2.33. The molecule has 0 bridgehead atoms. The molecule has 0 atom stereocenters. The normalized spacial score (nSPS) is 20.5. The monoisotopic (exact) mass is 352 g/mol. The predicted octanol–water partition coefficient (Wildman–Crippen LogP) is 7.39. The summed E-state index contributed by atoms with van der Waals surface area (Å²) in [6.45, 7) is 13.4. The van der Waals surface area contributed by atoms with E-state index in [1.165, 1.54) is 17.5 Å². The molecule has 0 spiro atoms. The van der Waals surface area contributed by atoms with Gasteiger partial charge in [-0.05, 0) is 76.4 Å². The van der Waals surface area contributed by atoms with E-state index < -0.39 is 6.85 Å². The lowest BCUT2D eigenvalue weighted by molar-refractivity contribution is 0.332. The van der Waals surface area contributed by atoms with E-state index in [0.29, 0.717) is 11.3 Å². The Morgan fingerprint density at radius 1 is 0.885 bits per heavy atom. The van der Waals surface area contributed by atoms with Crippen molar-refractivity contribution in [3.05, 3.63) is 58.7 Å². The molecule has 2 aromatic carbocycles. The summed E-state index contributed by atoms with van der Waals surface area (Å²) in [7, 11) is 0. The van der Waals surface area contributed by atoms with E-state index in [1.54, 1.807) is 0 Å². The number of benzene rings is 2. The highest BCUT2D eigenvalue weighted by Crippen LogP contribution is 2.46. The summed E-state index contributed by atoms with van der Waals surface area (Å²) in [5.74, 6) is 0. The van der Waals surface area contributed by atoms with Crippen molar-refractivity contribution in [2.75, 3.05) is 5.32 Å². The molecule has 1 N–H and O–H groups in total. The third-order valence-electron chi connectivity index (χ3n) is 6.02. The Kier molecular flexibility index (Phi) is 3.62. The van der Waals surface area contributed by atoms with Gasteiger partial charge < -0.3 is 5.32 Å². The van der Waals surface area contributed by atoms with Gasteiger partial charge in [-0.25, -0.2) is 0 Å². The molecule has 0 unspecified atom stereocenters. The van der Waals surface area contributed by atoms with Crippen LogP contribution < -0.4 is 5.32 Å². The van der Waals surface area contributed by atoms with Crippen LogP contribution in [0.15, 0.2) is 36.4 Å². The van der Waals surface area contributed by atoms with E-state index in [-0.39, 0.29) is 16.2 Å². The van der Waals surface area contributed by atoms with Crippen LogP contribution in [-0.4, -0.2) is 0 Å². The van der Waals surface area contributed by atoms with Gasteiger partial charge in [-0.1, -0.05) is 66.7 Å². The lowest BCUT2D eigenvalue weighted by Crippen LogP contribution is -2.33. The molecular formula is C25H35N. The topological polar surface area (TPSA) is 12.0 Å². The summed E-state index contributed by atoms with van der Waals surface area (Å²) >= 11 is 0. The minimum Gasteiger partial charge on any atom is -0.355 e. The lowest BCUT2D eigenvalue weighted by Gasteiger charge is -2.42. The maximum Gasteiger partial charge on any atom is 0.0414 e. The zero-order valence-electron chi connectivity index (χ0n) is 20.4. The molecule has 0 saturated carbocycles. The Morgan fingerprint density at radius 3 is 2.15 bits per heavy atom. The molecule has 140 valence electrons. The molecule has 0 aromatic heterocycles. The van der Waals surface area contributed by atoms with Crippen LogP contribution in [0.25, 0.3) is 0 Å². The van der Waals surface area contributed by atoms with Crippen LogP contribution in [0.2, 0.25) is 0 Å². The van der Waals surface area contributed by atoms with Crippen molar-refractivity contribution in [3.8, 4) is 0 Å². The average molecular weight is 353 g/mol. The fraction of sp³-hybridized carbons (Fsp3) is 0.520. The van der Waals surface area contributed by atoms with Crippen molar-refractivity contribution in [3.63, 3.8) is 0 Å². The van der Waals surface area contributed by atoms with Crippen molar-refractivity contribution >= 4 is 11.4 Å². The molecule has 0 radical (unpaired) electrons. The second-order valence-corrected chi connectivity index (χ2v) is 10.2. The maximum atomic E-state index is 8.04. The van der Waals surface area contributed by atoms with Crippen LogP contribution in [0.3, 0.4) is 0 Å². The highest BCUT2D eigenvalue weighted by atomic mass is 14.9. The number of nitrogens with one attached hydrogen (secondary N) is 1. The van der Waals surface area contributed by atoms with Crippen LogP contribution in [0, 0.1) is 6.85 Å². The Hall–Kier alpha value is -1.76. The molecule has 0 heterocycles. The molecule has 1 heteroatoms. The van der Waals surface area contributed by atoms with Gasteiger partial charge in [0.15, 0.2) is 0 Å². The fourth-order valence-electron chi connectivity index (χ4n) is 3.94. The summed E-state index contributed by atoms with van der Waals surface area (Å²) in [5.41, 5.74) is 5.96. The molecule has 0 amide bonds. The molecule has 0 aliphatic heterocycles. The SMILES string of the molecule is [2H]C([2H])([2H])c1cc(C(C)(C)C)ccc1Nc1ccc2c(c1)C(C)(C)CCC2(C)C. The minimum atomic E-state index is -2.17. The van der Waals surface area contributed by atoms with E-state index in [1.807, 2.05) is 18.2 Å². The number of rotatable bonds is 2. The first-order chi connectivity index (χ1) is 13.1. The highest BCUT2D eigenvalue weighted by Gasteiger charge is 2.36. The number of hydrogen-bond acceptors (Lipinski definition) is 1. The predicted molar refractivity (Wildman–Crippen MR) is 115 cm³/mol. The Morgan fingerprint density at radius 2 is 1.54 bits per heavy atom. The first-order valence-corrected chi connectivity index (χ1v) is 9.68. The van der Waals surface area contributed by atoms with Gasteiger partial charge >= 0.3 is 0 Å². The Bertz CT molecular complexity index is 915. The largest absolute Gasteiger partial charge is 0.355 e. The van der Waals surface area contributed by atoms with Gasteiger partial charge in [0.25, 0.3) is 0 Å². The third-order valence-corrected chi connectivity index (χ3v) is 6.02. The molecule has 2 aromatic rings. The summed E-state index contributed by atoms with van der Waals surface area (Å²) in [4.78, 5) is 0. The maximum absolute atomic E-state index is 8.04. The van der Waals surface area contributed by atoms with Crippen LogP contribution in [0.4, 0.5) is 11.4 Å². The van der Waals surface area contributed by atoms with Crippen molar-refractivity contribution in [1.82, 2.24) is 0 Å². The summed E-state index contributed by atoms with van der Waals surface area (Å²) in [5, 5.41) is 3.41. The zero-order chi connectivity index (χ0) is 21.8. The zero-order valence-corrected chi connectivity index (χ0v) is 17.4. The Labute approximate surface area is 164 Å². The van der Waals surface area contributed by atoms with Crippen LogP contribution in [0.1, 0.15) is 87.7 Å². The van der Waals surface area contributed by atoms with Crippen molar-refractivity contribution < 1.29 is 4.11 Å². The smallest absolute Gasteiger partial charge is 0.0414 e. The Balaban J connectivity index is 2.05. The summed E-state index contributed by atoms with van der Waals surface area (Å²) in [6, 6.07) is 12.3. The number of fused-ring (bicyclic) bond motifs is 1. The van der Waals surface area contributed by atoms with Crippen molar-refractivity contribution in [2.24, 2.45) is 0 Å². The molecule has 26 heavy (non-hydrogen) atoms. The standard InChI is InChI=1S/C25H35N/c1-17-15-18(23(2,3)4)9-12-22(17)26-19-10-11-20-21(16-19)25(7,8)14-13-24(20,5)6/h9-12,15-16,26H,13-14H2,1-8H3/i1D3. The van der Waals surface area contributed by atoms with Crippen LogP contribution >= 0.6 is 0 Å². The molecule has 0 fully saturated rings. The average Bonchev–Trinajstić information content (AvgIpc) is 2.57. The molecule has 1 nitrogen and oxygen atoms in total. The quantitative estimate of drug-likeness (QED) is 0.594. The van der Waals surface area contributed by atoms with Crippen molar-refractivity contribution in [2.45, 2.75) is 84.4 Å². The third kappa shape index (κ3) is 3.54. The van der Waals surface area contributed by atoms with Gasteiger partial charge in [0.1, 0.15) is 0 Å². The van der Waals surface area contributed by atoms with Gasteiger partial charge in [-0.2, -0.15) is 0 Å². The first kappa shape index (κ1) is 15.3. The number of anilines is 2. The van der Waals surface area contributed by atoms with Gasteiger partial charge in [0.05, 0.1) is 0 Å². The lowest BCUT2D eigenvalue weighted by atomic mass is 9.63. The second kappa shape index (κ2) is 6.15. The second-order valence-electron chi connectivity index (χ2n) is 10.2. The van der Waals surface area contributed by atoms with E-state index in [4.69, 9.17) is 4.11 Å². The van der Waals surface area contributed by atoms with Crippen molar-refractivity contribution in [1.29, 1.82) is 0 Å². The molecule has 1 aliphatic carbocycles. The fourth-order valence-corrected chi connectivity index (χ4v) is 3.94. The van der Waals surface area contributed by atoms with E-state index in [0.717, 1.165) is 17.7 Å². The molecule has 0 saturated heterocycles. The number of hydrogen-bond donors (Lipinski definition) is 1. The molecular weight excluding hydrogens is 314 g/mol. The van der Waals surface area contributed by atoms with Gasteiger partial charge in [-0.3, -0.25) is 0 Å². The molecule has 1 aliphatic rings. The first-order valence-electron chi connectivity index (χ1n) is 11.2.